The van der Waals surface area contributed by atoms with E-state index < -0.39 is 0 Å². The van der Waals surface area contributed by atoms with Gasteiger partial charge in [-0.2, -0.15) is 0 Å². The summed E-state index contributed by atoms with van der Waals surface area (Å²) in [5.41, 5.74) is 2.46. The van der Waals surface area contributed by atoms with Gasteiger partial charge in [-0.05, 0) is 17.9 Å². The van der Waals surface area contributed by atoms with E-state index in [0.29, 0.717) is 0 Å². The van der Waals surface area contributed by atoms with E-state index >= 15 is 0 Å². The summed E-state index contributed by atoms with van der Waals surface area (Å²) in [7, 11) is 0. The minimum absolute atomic E-state index is 0.0712. The molecule has 1 N–H and O–H groups in total. The molecule has 0 aromatic carbocycles. The molecule has 0 aliphatic carbocycles. The van der Waals surface area contributed by atoms with E-state index in [1.807, 2.05) is 30.6 Å². The number of rotatable bonds is 2. The Bertz CT molecular complexity index is 709. The molecule has 17 heavy (non-hydrogen) atoms. The molecule has 0 fully saturated rings. The second kappa shape index (κ2) is 3.85. The summed E-state index contributed by atoms with van der Waals surface area (Å²) in [5.74, 6) is 0. The van der Waals surface area contributed by atoms with Crippen LogP contribution in [0.25, 0.3) is 16.2 Å². The van der Waals surface area contributed by atoms with Crippen molar-refractivity contribution in [1.82, 2.24) is 14.6 Å². The molecule has 3 aromatic heterocycles. The van der Waals surface area contributed by atoms with E-state index in [2.05, 4.69) is 10.1 Å². The van der Waals surface area contributed by atoms with Crippen molar-refractivity contribution < 1.29 is 0 Å². The second-order valence-corrected chi connectivity index (χ2v) is 4.72. The predicted molar refractivity (Wildman–Crippen MR) is 68.5 cm³/mol. The minimum Gasteiger partial charge on any atom is -0.297 e. The number of fused-ring (bicyclic) bond motifs is 1. The van der Waals surface area contributed by atoms with Gasteiger partial charge in [0.05, 0.1) is 10.6 Å². The third kappa shape index (κ3) is 1.59. The van der Waals surface area contributed by atoms with Crippen molar-refractivity contribution in [2.45, 2.75) is 13.3 Å². The molecule has 0 aliphatic heterocycles. The number of aromatic amines is 1. The van der Waals surface area contributed by atoms with Gasteiger partial charge in [-0.1, -0.05) is 13.0 Å². The van der Waals surface area contributed by atoms with Gasteiger partial charge < -0.3 is 0 Å². The average Bonchev–Trinajstić information content (AvgIpc) is 2.97. The quantitative estimate of drug-likeness (QED) is 0.753. The maximum atomic E-state index is 11.9. The van der Waals surface area contributed by atoms with Crippen LogP contribution in [0.15, 0.2) is 34.6 Å². The van der Waals surface area contributed by atoms with Crippen molar-refractivity contribution in [2.75, 3.05) is 0 Å². The first-order chi connectivity index (χ1) is 8.29. The summed E-state index contributed by atoms with van der Waals surface area (Å²) in [6.07, 6.45) is 2.69. The highest BCUT2D eigenvalue weighted by atomic mass is 32.1. The zero-order valence-corrected chi connectivity index (χ0v) is 10.1. The Hall–Kier alpha value is -1.88. The van der Waals surface area contributed by atoms with Gasteiger partial charge in [0, 0.05) is 17.8 Å². The monoisotopic (exact) mass is 245 g/mol. The molecule has 0 unspecified atom stereocenters. The first kappa shape index (κ1) is 10.3. The Labute approximate surface area is 102 Å². The molecular formula is C12H11N3OS. The van der Waals surface area contributed by atoms with Gasteiger partial charge in [-0.3, -0.25) is 9.89 Å². The predicted octanol–water partition coefficient (Wildman–Crippen LogP) is 2.31. The SMILES string of the molecule is CCc1c[nH]n2c(=O)cc(-c3cccs3)nc12. The molecule has 0 saturated heterocycles. The van der Waals surface area contributed by atoms with Crippen LogP contribution in [0.5, 0.6) is 0 Å². The largest absolute Gasteiger partial charge is 0.297 e. The Kier molecular flexibility index (Phi) is 2.33. The van der Waals surface area contributed by atoms with Crippen LogP contribution in [0.2, 0.25) is 0 Å². The maximum absolute atomic E-state index is 11.9. The van der Waals surface area contributed by atoms with Crippen LogP contribution < -0.4 is 5.56 Å². The standard InChI is InChI=1S/C12H11N3OS/c1-2-8-7-13-15-11(16)6-9(14-12(8)15)10-4-3-5-17-10/h3-7,13H,2H2,1H3. The molecule has 0 aliphatic rings. The number of thiophene rings is 1. The third-order valence-corrected chi connectivity index (χ3v) is 3.62. The highest BCUT2D eigenvalue weighted by molar-refractivity contribution is 7.13. The number of nitrogens with zero attached hydrogens (tertiary/aromatic N) is 2. The number of hydrogen-bond acceptors (Lipinski definition) is 3. The van der Waals surface area contributed by atoms with E-state index in [-0.39, 0.29) is 5.56 Å². The minimum atomic E-state index is -0.0712. The zero-order valence-electron chi connectivity index (χ0n) is 9.30. The molecule has 0 spiro atoms. The Morgan fingerprint density at radius 3 is 3.12 bits per heavy atom. The van der Waals surface area contributed by atoms with Crippen LogP contribution in [-0.2, 0) is 6.42 Å². The van der Waals surface area contributed by atoms with Crippen molar-refractivity contribution in [3.8, 4) is 10.6 Å². The topological polar surface area (TPSA) is 50.2 Å². The molecule has 0 radical (unpaired) electrons. The highest BCUT2D eigenvalue weighted by Gasteiger charge is 2.09. The van der Waals surface area contributed by atoms with Gasteiger partial charge in [0.2, 0.25) is 0 Å². The first-order valence-electron chi connectivity index (χ1n) is 5.43. The number of aryl methyl sites for hydroxylation is 1. The van der Waals surface area contributed by atoms with Crippen molar-refractivity contribution in [2.24, 2.45) is 0 Å². The fourth-order valence-electron chi connectivity index (χ4n) is 1.84. The van der Waals surface area contributed by atoms with E-state index in [0.717, 1.165) is 28.2 Å². The van der Waals surface area contributed by atoms with Gasteiger partial charge in [0.1, 0.15) is 0 Å². The van der Waals surface area contributed by atoms with E-state index in [1.54, 1.807) is 17.4 Å². The first-order valence-corrected chi connectivity index (χ1v) is 6.31. The van der Waals surface area contributed by atoms with Crippen molar-refractivity contribution in [1.29, 1.82) is 0 Å². The number of H-pyrrole nitrogens is 1. The fourth-order valence-corrected chi connectivity index (χ4v) is 2.53. The molecule has 0 atom stereocenters. The van der Waals surface area contributed by atoms with Gasteiger partial charge in [-0.25, -0.2) is 9.50 Å². The van der Waals surface area contributed by atoms with E-state index in [4.69, 9.17) is 0 Å². The lowest BCUT2D eigenvalue weighted by Gasteiger charge is -1.99. The third-order valence-electron chi connectivity index (χ3n) is 2.73. The zero-order chi connectivity index (χ0) is 11.8. The Balaban J connectivity index is 2.32. The van der Waals surface area contributed by atoms with Crippen LogP contribution >= 0.6 is 11.3 Å². The fraction of sp³-hybridized carbons (Fsp3) is 0.167. The summed E-state index contributed by atoms with van der Waals surface area (Å²) >= 11 is 1.59. The molecule has 86 valence electrons. The molecule has 0 saturated carbocycles. The highest BCUT2D eigenvalue weighted by Crippen LogP contribution is 2.22. The number of nitrogens with one attached hydrogen (secondary N) is 1. The van der Waals surface area contributed by atoms with Crippen molar-refractivity contribution in [3.05, 3.63) is 45.7 Å². The molecular weight excluding hydrogens is 234 g/mol. The van der Waals surface area contributed by atoms with Gasteiger partial charge in [0.25, 0.3) is 5.56 Å². The summed E-state index contributed by atoms with van der Waals surface area (Å²) in [6.45, 7) is 2.05. The smallest absolute Gasteiger partial charge is 0.273 e. The average molecular weight is 245 g/mol. The maximum Gasteiger partial charge on any atom is 0.273 e. The molecule has 3 rings (SSSR count). The van der Waals surface area contributed by atoms with Gasteiger partial charge >= 0.3 is 0 Å². The lowest BCUT2D eigenvalue weighted by molar-refractivity contribution is 0.901. The number of aromatic nitrogens is 3. The van der Waals surface area contributed by atoms with Crippen LogP contribution in [0, 0.1) is 0 Å². The summed E-state index contributed by atoms with van der Waals surface area (Å²) in [6, 6.07) is 5.50. The van der Waals surface area contributed by atoms with E-state index in [9.17, 15) is 4.79 Å². The van der Waals surface area contributed by atoms with Crippen molar-refractivity contribution in [3.63, 3.8) is 0 Å². The van der Waals surface area contributed by atoms with Gasteiger partial charge in [0.15, 0.2) is 5.65 Å². The summed E-state index contributed by atoms with van der Waals surface area (Å²) < 4.78 is 1.48. The normalized spacial score (nSPS) is 11.1. The lowest BCUT2D eigenvalue weighted by atomic mass is 10.2. The molecule has 3 aromatic rings. The number of hydrogen-bond donors (Lipinski definition) is 1. The van der Waals surface area contributed by atoms with Crippen LogP contribution in [0.4, 0.5) is 0 Å². The van der Waals surface area contributed by atoms with Crippen LogP contribution in [0.1, 0.15) is 12.5 Å². The molecule has 4 nitrogen and oxygen atoms in total. The lowest BCUT2D eigenvalue weighted by Crippen LogP contribution is -2.14. The molecule has 0 bridgehead atoms. The van der Waals surface area contributed by atoms with E-state index in [1.165, 1.54) is 4.52 Å². The summed E-state index contributed by atoms with van der Waals surface area (Å²) in [4.78, 5) is 17.5. The van der Waals surface area contributed by atoms with Crippen LogP contribution in [0.3, 0.4) is 0 Å². The Morgan fingerprint density at radius 1 is 1.53 bits per heavy atom. The van der Waals surface area contributed by atoms with Crippen LogP contribution in [-0.4, -0.2) is 14.6 Å². The second-order valence-electron chi connectivity index (χ2n) is 3.77. The Morgan fingerprint density at radius 2 is 2.41 bits per heavy atom. The summed E-state index contributed by atoms with van der Waals surface area (Å²) in [5, 5.41) is 4.91. The van der Waals surface area contributed by atoms with Gasteiger partial charge in [-0.15, -0.1) is 11.3 Å². The molecule has 3 heterocycles. The van der Waals surface area contributed by atoms with Crippen molar-refractivity contribution >= 4 is 17.0 Å². The molecule has 5 heteroatoms. The molecule has 0 amide bonds.